The summed E-state index contributed by atoms with van der Waals surface area (Å²) in [6, 6.07) is 7.90. The van der Waals surface area contributed by atoms with Gasteiger partial charge < -0.3 is 50.2 Å². The number of carboxylic acids is 2. The van der Waals surface area contributed by atoms with Crippen LogP contribution in [0.15, 0.2) is 42.5 Å². The van der Waals surface area contributed by atoms with E-state index in [-0.39, 0.29) is 44.4 Å². The van der Waals surface area contributed by atoms with E-state index in [1.54, 1.807) is 0 Å². The maximum atomic E-state index is 13.3. The van der Waals surface area contributed by atoms with Gasteiger partial charge in [-0.3, -0.25) is 19.2 Å². The SMILES string of the molecule is C=C1[C@H](O)[C@@]23CC[C@@H]4C(C(=O)O)(C(=O)O)C[C@@H](O[C@@H]5O[C@H](CO)[C@@H](O)[C@H](OC(=O)CCc6ccccc6)[C@H]5NC(=O)CC(C)C)C[C@@]4(C)C2CC[C@]1(O)C3. The Morgan fingerprint density at radius 3 is 2.31 bits per heavy atom. The molecule has 5 aliphatic rings. The number of rotatable bonds is 12. The predicted molar refractivity (Wildman–Crippen MR) is 190 cm³/mol. The fourth-order valence-corrected chi connectivity index (χ4v) is 11.2. The number of aliphatic carboxylic acids is 2. The van der Waals surface area contributed by atoms with Crippen molar-refractivity contribution < 1.29 is 64.0 Å². The van der Waals surface area contributed by atoms with E-state index in [1.165, 1.54) is 0 Å². The van der Waals surface area contributed by atoms with Crippen LogP contribution in [0.3, 0.4) is 0 Å². The first-order valence-electron chi connectivity index (χ1n) is 19.1. The Bertz CT molecular complexity index is 1600. The van der Waals surface area contributed by atoms with Crippen LogP contribution < -0.4 is 5.32 Å². The van der Waals surface area contributed by atoms with Crippen LogP contribution >= 0.6 is 0 Å². The number of hydrogen-bond donors (Lipinski definition) is 7. The molecular weight excluding hydrogens is 702 g/mol. The third-order valence-corrected chi connectivity index (χ3v) is 13.5. The van der Waals surface area contributed by atoms with E-state index in [1.807, 2.05) is 51.1 Å². The maximum Gasteiger partial charge on any atom is 0.321 e. The van der Waals surface area contributed by atoms with Crippen molar-refractivity contribution in [2.24, 2.45) is 34.0 Å². The minimum absolute atomic E-state index is 0.0608. The van der Waals surface area contributed by atoms with Crippen molar-refractivity contribution in [2.75, 3.05) is 6.61 Å². The monoisotopic (exact) mass is 757 g/mol. The van der Waals surface area contributed by atoms with E-state index in [9.17, 15) is 49.8 Å². The Hall–Kier alpha value is -3.40. The van der Waals surface area contributed by atoms with Crippen molar-refractivity contribution in [3.8, 4) is 0 Å². The van der Waals surface area contributed by atoms with Gasteiger partial charge in [0, 0.05) is 24.7 Å². The van der Waals surface area contributed by atoms with Crippen molar-refractivity contribution in [1.29, 1.82) is 0 Å². The summed E-state index contributed by atoms with van der Waals surface area (Å²) in [5, 5.41) is 69.0. The second-order valence-electron chi connectivity index (χ2n) is 17.2. The van der Waals surface area contributed by atoms with Gasteiger partial charge in [-0.25, -0.2) is 0 Å². The van der Waals surface area contributed by atoms with Crippen molar-refractivity contribution >= 4 is 23.8 Å². The number of aryl methyl sites for hydroxylation is 1. The largest absolute Gasteiger partial charge is 0.480 e. The third-order valence-electron chi connectivity index (χ3n) is 13.5. The number of amides is 1. The van der Waals surface area contributed by atoms with Crippen molar-refractivity contribution in [3.63, 3.8) is 0 Å². The van der Waals surface area contributed by atoms with Crippen LogP contribution in [0.4, 0.5) is 0 Å². The number of ether oxygens (including phenoxy) is 3. The normalized spacial score (nSPS) is 39.6. The molecule has 1 aliphatic heterocycles. The van der Waals surface area contributed by atoms with Gasteiger partial charge in [-0.2, -0.15) is 0 Å². The van der Waals surface area contributed by atoms with Crippen LogP contribution in [0.2, 0.25) is 0 Å². The fourth-order valence-electron chi connectivity index (χ4n) is 11.2. The molecule has 14 nitrogen and oxygen atoms in total. The summed E-state index contributed by atoms with van der Waals surface area (Å²) in [7, 11) is 0. The molecule has 1 aromatic rings. The van der Waals surface area contributed by atoms with Gasteiger partial charge in [0.25, 0.3) is 0 Å². The zero-order chi connectivity index (χ0) is 39.4. The first kappa shape index (κ1) is 40.3. The molecule has 1 aromatic carbocycles. The highest BCUT2D eigenvalue weighted by atomic mass is 16.7. The molecule has 12 atom stereocenters. The second kappa shape index (κ2) is 14.9. The molecule has 1 unspecified atom stereocenters. The van der Waals surface area contributed by atoms with Gasteiger partial charge >= 0.3 is 17.9 Å². The summed E-state index contributed by atoms with van der Waals surface area (Å²) in [4.78, 5) is 53.1. The lowest BCUT2D eigenvalue weighted by Gasteiger charge is -2.64. The van der Waals surface area contributed by atoms with Crippen LogP contribution in [0, 0.1) is 34.0 Å². The Balaban J connectivity index is 1.34. The zero-order valence-electron chi connectivity index (χ0n) is 31.2. The first-order chi connectivity index (χ1) is 25.4. The van der Waals surface area contributed by atoms with E-state index in [0.29, 0.717) is 24.8 Å². The van der Waals surface area contributed by atoms with Crippen molar-refractivity contribution in [2.45, 2.75) is 133 Å². The number of aliphatic hydroxyl groups excluding tert-OH is 3. The Kier molecular flexibility index (Phi) is 11.1. The average Bonchev–Trinajstić information content (AvgIpc) is 3.24. The molecular formula is C40H55NO13. The van der Waals surface area contributed by atoms with Gasteiger partial charge in [0.2, 0.25) is 5.91 Å². The van der Waals surface area contributed by atoms with Gasteiger partial charge in [-0.15, -0.1) is 0 Å². The summed E-state index contributed by atoms with van der Waals surface area (Å²) in [5.74, 6) is -5.55. The topological polar surface area (TPSA) is 229 Å². The molecule has 4 saturated carbocycles. The highest BCUT2D eigenvalue weighted by Crippen LogP contribution is 2.73. The minimum Gasteiger partial charge on any atom is -0.480 e. The standard InChI is InChI=1S/C40H55NO13/c1-21(2)16-28(43)41-30-32(54-29(44)11-10-23-8-6-5-7-9-23)31(45)25(19-42)53-34(30)52-24-17-37(4)26-13-15-39(51)20-38(26,33(46)22(39)3)14-12-27(37)40(18-24,35(47)48)36(49)50/h5-9,21,24-27,30-34,42,45-46,51H,3,10-20H2,1-2,4H3,(H,41,43)(H,47,48)(H,49,50)/t24-,25+,26?,27-,30+,31+,32+,33-,34+,37-,38+,39-/m0/s1. The van der Waals surface area contributed by atoms with Crippen LogP contribution in [0.5, 0.6) is 0 Å². The first-order valence-corrected chi connectivity index (χ1v) is 19.1. The molecule has 6 rings (SSSR count). The van der Waals surface area contributed by atoms with Crippen LogP contribution in [0.25, 0.3) is 0 Å². The Morgan fingerprint density at radius 1 is 1.02 bits per heavy atom. The van der Waals surface area contributed by atoms with E-state index in [0.717, 1.165) is 5.56 Å². The molecule has 1 heterocycles. The molecule has 7 N–H and O–H groups in total. The zero-order valence-corrected chi connectivity index (χ0v) is 31.2. The molecule has 5 fully saturated rings. The van der Waals surface area contributed by atoms with E-state index in [2.05, 4.69) is 11.9 Å². The molecule has 54 heavy (non-hydrogen) atoms. The van der Waals surface area contributed by atoms with E-state index >= 15 is 0 Å². The number of carbonyl (C=O) groups is 4. The lowest BCUT2D eigenvalue weighted by molar-refractivity contribution is -0.300. The number of esters is 1. The lowest BCUT2D eigenvalue weighted by atomic mass is 9.40. The summed E-state index contributed by atoms with van der Waals surface area (Å²) in [5.41, 5.74) is -4.26. The molecule has 2 bridgehead atoms. The minimum atomic E-state index is -2.31. The quantitative estimate of drug-likeness (QED) is 0.0704. The van der Waals surface area contributed by atoms with Crippen molar-refractivity contribution in [3.05, 3.63) is 48.0 Å². The molecule has 1 saturated heterocycles. The van der Waals surface area contributed by atoms with Gasteiger partial charge in [0.15, 0.2) is 17.8 Å². The van der Waals surface area contributed by atoms with Crippen LogP contribution in [0.1, 0.15) is 84.1 Å². The summed E-state index contributed by atoms with van der Waals surface area (Å²) < 4.78 is 18.4. The summed E-state index contributed by atoms with van der Waals surface area (Å²) in [6.07, 6.45) is -6.67. The third kappa shape index (κ3) is 6.76. The second-order valence-corrected chi connectivity index (χ2v) is 17.2. The van der Waals surface area contributed by atoms with E-state index < -0.39 is 113 Å². The molecule has 0 radical (unpaired) electrons. The number of benzene rings is 1. The number of fused-ring (bicyclic) bond motifs is 3. The average molecular weight is 758 g/mol. The van der Waals surface area contributed by atoms with Gasteiger partial charge in [0.1, 0.15) is 18.2 Å². The van der Waals surface area contributed by atoms with Crippen LogP contribution in [-0.4, -0.2) is 110 Å². The highest BCUT2D eigenvalue weighted by molar-refractivity contribution is 5.99. The number of carbonyl (C=O) groups excluding carboxylic acids is 2. The Labute approximate surface area is 314 Å². The van der Waals surface area contributed by atoms with Gasteiger partial charge in [-0.05, 0) is 79.3 Å². The number of carboxylic acid groups (broad SMARTS) is 2. The Morgan fingerprint density at radius 2 is 1.69 bits per heavy atom. The maximum absolute atomic E-state index is 13.3. The number of hydrogen-bond acceptors (Lipinski definition) is 11. The molecule has 0 aromatic heterocycles. The number of nitrogens with one attached hydrogen (secondary N) is 1. The molecule has 4 aliphatic carbocycles. The van der Waals surface area contributed by atoms with Crippen molar-refractivity contribution in [1.82, 2.24) is 5.32 Å². The molecule has 14 heteroatoms. The van der Waals surface area contributed by atoms with Crippen LogP contribution in [-0.2, 0) is 39.8 Å². The molecule has 298 valence electrons. The fraction of sp³-hybridized carbons (Fsp3) is 0.700. The predicted octanol–water partition coefficient (Wildman–Crippen LogP) is 2.34. The summed E-state index contributed by atoms with van der Waals surface area (Å²) >= 11 is 0. The summed E-state index contributed by atoms with van der Waals surface area (Å²) in [6.45, 7) is 8.81. The number of aliphatic hydroxyl groups is 4. The lowest BCUT2D eigenvalue weighted by Crippen LogP contribution is -2.68. The van der Waals surface area contributed by atoms with Gasteiger partial charge in [-0.1, -0.05) is 57.7 Å². The molecule has 1 amide bonds. The highest BCUT2D eigenvalue weighted by Gasteiger charge is 2.74. The molecule has 1 spiro atoms. The van der Waals surface area contributed by atoms with E-state index in [4.69, 9.17) is 14.2 Å². The van der Waals surface area contributed by atoms with Gasteiger partial charge in [0.05, 0.1) is 24.4 Å². The smallest absolute Gasteiger partial charge is 0.321 e.